The van der Waals surface area contributed by atoms with Gasteiger partial charge in [0.2, 0.25) is 0 Å². The van der Waals surface area contributed by atoms with Gasteiger partial charge < -0.3 is 23.8 Å². The number of hydrogen-bond donors (Lipinski definition) is 0. The standard InChI is InChI=1S/C12H26INO4/c1-14(2)4-6-16-8-10-18-12-11-17-9-7-15-5-3-13/h3-12H2,1-2H3. The van der Waals surface area contributed by atoms with E-state index in [0.717, 1.165) is 24.2 Å². The summed E-state index contributed by atoms with van der Waals surface area (Å²) in [4.78, 5) is 2.09. The lowest BCUT2D eigenvalue weighted by Crippen LogP contribution is -2.19. The molecule has 0 heterocycles. The SMILES string of the molecule is CN(C)CCOCCOCCOCCOCCI. The van der Waals surface area contributed by atoms with Gasteiger partial charge in [-0.05, 0) is 14.1 Å². The van der Waals surface area contributed by atoms with Crippen LogP contribution in [0.5, 0.6) is 0 Å². The Morgan fingerprint density at radius 2 is 1.06 bits per heavy atom. The zero-order valence-corrected chi connectivity index (χ0v) is 13.7. The fourth-order valence-corrected chi connectivity index (χ4v) is 1.37. The van der Waals surface area contributed by atoms with Gasteiger partial charge in [-0.1, -0.05) is 22.6 Å². The minimum absolute atomic E-state index is 0.614. The molecule has 0 aliphatic rings. The summed E-state index contributed by atoms with van der Waals surface area (Å²) in [5.41, 5.74) is 0. The van der Waals surface area contributed by atoms with E-state index in [1.807, 2.05) is 14.1 Å². The van der Waals surface area contributed by atoms with Crippen LogP contribution in [0.25, 0.3) is 0 Å². The Balaban J connectivity index is 2.90. The Morgan fingerprint density at radius 1 is 0.667 bits per heavy atom. The van der Waals surface area contributed by atoms with Gasteiger partial charge in [-0.3, -0.25) is 0 Å². The summed E-state index contributed by atoms with van der Waals surface area (Å²) >= 11 is 2.28. The van der Waals surface area contributed by atoms with Crippen LogP contribution in [-0.2, 0) is 18.9 Å². The number of alkyl halides is 1. The van der Waals surface area contributed by atoms with Gasteiger partial charge in [0.25, 0.3) is 0 Å². The second kappa shape index (κ2) is 15.6. The third kappa shape index (κ3) is 16.5. The van der Waals surface area contributed by atoms with Crippen LogP contribution < -0.4 is 0 Å². The van der Waals surface area contributed by atoms with Crippen LogP contribution >= 0.6 is 22.6 Å². The summed E-state index contributed by atoms with van der Waals surface area (Å²) in [6.45, 7) is 6.30. The Morgan fingerprint density at radius 3 is 1.44 bits per heavy atom. The normalized spacial score (nSPS) is 11.3. The molecule has 0 bridgehead atoms. The maximum absolute atomic E-state index is 5.39. The van der Waals surface area contributed by atoms with Crippen molar-refractivity contribution in [1.29, 1.82) is 0 Å². The van der Waals surface area contributed by atoms with Crippen molar-refractivity contribution in [1.82, 2.24) is 4.90 Å². The van der Waals surface area contributed by atoms with Gasteiger partial charge in [-0.15, -0.1) is 0 Å². The zero-order valence-electron chi connectivity index (χ0n) is 11.5. The fraction of sp³-hybridized carbons (Fsp3) is 1.00. The highest BCUT2D eigenvalue weighted by molar-refractivity contribution is 14.1. The summed E-state index contributed by atoms with van der Waals surface area (Å²) < 4.78 is 22.4. The average Bonchev–Trinajstić information content (AvgIpc) is 2.34. The molecule has 0 aromatic rings. The summed E-state index contributed by atoms with van der Waals surface area (Å²) in [5, 5.41) is 0. The van der Waals surface area contributed by atoms with Crippen LogP contribution in [0.2, 0.25) is 0 Å². The van der Waals surface area contributed by atoms with Crippen molar-refractivity contribution in [2.24, 2.45) is 0 Å². The molecule has 18 heavy (non-hydrogen) atoms. The van der Waals surface area contributed by atoms with Crippen LogP contribution in [0, 0.1) is 0 Å². The first-order valence-electron chi connectivity index (χ1n) is 6.29. The monoisotopic (exact) mass is 375 g/mol. The van der Waals surface area contributed by atoms with Crippen LogP contribution in [0.3, 0.4) is 0 Å². The molecule has 0 radical (unpaired) electrons. The van der Waals surface area contributed by atoms with E-state index in [4.69, 9.17) is 18.9 Å². The predicted molar refractivity (Wildman–Crippen MR) is 80.7 cm³/mol. The molecule has 0 aliphatic carbocycles. The quantitative estimate of drug-likeness (QED) is 0.258. The number of rotatable bonds is 14. The first kappa shape index (κ1) is 18.5. The van der Waals surface area contributed by atoms with E-state index in [2.05, 4.69) is 27.5 Å². The highest BCUT2D eigenvalue weighted by atomic mass is 127. The summed E-state index contributed by atoms with van der Waals surface area (Å²) in [6.07, 6.45) is 0. The molecule has 0 aliphatic heterocycles. The van der Waals surface area contributed by atoms with Crippen molar-refractivity contribution in [3.05, 3.63) is 0 Å². The molecule has 0 N–H and O–H groups in total. The lowest BCUT2D eigenvalue weighted by molar-refractivity contribution is -0.00130. The molecule has 0 unspecified atom stereocenters. The summed E-state index contributed by atoms with van der Waals surface area (Å²) in [6, 6.07) is 0. The van der Waals surface area contributed by atoms with Crippen LogP contribution in [0.15, 0.2) is 0 Å². The molecule has 0 atom stereocenters. The molecule has 0 aromatic heterocycles. The number of likely N-dealkylation sites (N-methyl/N-ethyl adjacent to an activating group) is 1. The molecular formula is C12H26INO4. The molecule has 0 fully saturated rings. The van der Waals surface area contributed by atoms with E-state index in [9.17, 15) is 0 Å². The van der Waals surface area contributed by atoms with Gasteiger partial charge in [-0.25, -0.2) is 0 Å². The second-order valence-electron chi connectivity index (χ2n) is 3.94. The highest BCUT2D eigenvalue weighted by Crippen LogP contribution is 1.85. The molecule has 0 amide bonds. The van der Waals surface area contributed by atoms with Crippen LogP contribution in [-0.4, -0.2) is 82.8 Å². The Hall–Kier alpha value is 0.530. The summed E-state index contributed by atoms with van der Waals surface area (Å²) in [5.74, 6) is 0. The van der Waals surface area contributed by atoms with Crippen molar-refractivity contribution in [3.63, 3.8) is 0 Å². The lowest BCUT2D eigenvalue weighted by Gasteiger charge is -2.10. The Bertz CT molecular complexity index is 161. The second-order valence-corrected chi connectivity index (χ2v) is 5.02. The molecule has 0 saturated carbocycles. The minimum atomic E-state index is 0.614. The third-order valence-electron chi connectivity index (χ3n) is 2.02. The van der Waals surface area contributed by atoms with Crippen molar-refractivity contribution in [2.75, 3.05) is 77.9 Å². The molecule has 0 rings (SSSR count). The van der Waals surface area contributed by atoms with Crippen molar-refractivity contribution in [2.45, 2.75) is 0 Å². The molecular weight excluding hydrogens is 349 g/mol. The maximum Gasteiger partial charge on any atom is 0.0701 e. The number of nitrogens with zero attached hydrogens (tertiary/aromatic N) is 1. The van der Waals surface area contributed by atoms with Crippen LogP contribution in [0.1, 0.15) is 0 Å². The first-order chi connectivity index (χ1) is 8.77. The van der Waals surface area contributed by atoms with E-state index in [1.165, 1.54) is 0 Å². The van der Waals surface area contributed by atoms with Gasteiger partial charge >= 0.3 is 0 Å². The highest BCUT2D eigenvalue weighted by Gasteiger charge is 1.93. The lowest BCUT2D eigenvalue weighted by atomic mass is 10.6. The predicted octanol–water partition coefficient (Wildman–Crippen LogP) is 1.05. The maximum atomic E-state index is 5.39. The van der Waals surface area contributed by atoms with Gasteiger partial charge in [0.1, 0.15) is 0 Å². The largest absolute Gasteiger partial charge is 0.378 e. The Kier molecular flexibility index (Phi) is 16.0. The Labute approximate surface area is 124 Å². The topological polar surface area (TPSA) is 40.2 Å². The molecule has 5 nitrogen and oxygen atoms in total. The van der Waals surface area contributed by atoms with Crippen LogP contribution in [0.4, 0.5) is 0 Å². The third-order valence-corrected chi connectivity index (χ3v) is 2.46. The molecule has 110 valence electrons. The summed E-state index contributed by atoms with van der Waals surface area (Å²) in [7, 11) is 4.06. The molecule has 0 aromatic carbocycles. The first-order valence-corrected chi connectivity index (χ1v) is 7.81. The van der Waals surface area contributed by atoms with Crippen molar-refractivity contribution < 1.29 is 18.9 Å². The van der Waals surface area contributed by atoms with Gasteiger partial charge in [0.05, 0.1) is 52.9 Å². The smallest absolute Gasteiger partial charge is 0.0701 e. The zero-order chi connectivity index (χ0) is 13.5. The molecule has 0 saturated heterocycles. The average molecular weight is 375 g/mol. The van der Waals surface area contributed by atoms with E-state index in [0.29, 0.717) is 39.6 Å². The number of hydrogen-bond acceptors (Lipinski definition) is 5. The molecule has 6 heteroatoms. The van der Waals surface area contributed by atoms with Crippen molar-refractivity contribution >= 4 is 22.6 Å². The molecule has 0 spiro atoms. The van der Waals surface area contributed by atoms with E-state index in [1.54, 1.807) is 0 Å². The number of halogens is 1. The number of ether oxygens (including phenoxy) is 4. The van der Waals surface area contributed by atoms with Gasteiger partial charge in [0.15, 0.2) is 0 Å². The van der Waals surface area contributed by atoms with E-state index < -0.39 is 0 Å². The minimum Gasteiger partial charge on any atom is -0.378 e. The van der Waals surface area contributed by atoms with Crippen molar-refractivity contribution in [3.8, 4) is 0 Å². The fourth-order valence-electron chi connectivity index (χ4n) is 1.06. The van der Waals surface area contributed by atoms with E-state index in [-0.39, 0.29) is 0 Å². The van der Waals surface area contributed by atoms with Gasteiger partial charge in [0, 0.05) is 11.0 Å². The van der Waals surface area contributed by atoms with E-state index >= 15 is 0 Å². The van der Waals surface area contributed by atoms with Gasteiger partial charge in [-0.2, -0.15) is 0 Å².